The Bertz CT molecular complexity index is 2520. The molecule has 0 aliphatic heterocycles. The lowest BCUT2D eigenvalue weighted by Gasteiger charge is -2.56. The first-order valence-corrected chi connectivity index (χ1v) is 44.3. The molecule has 11 aliphatic rings. The monoisotopic (exact) mass is 1400 g/mol. The van der Waals surface area contributed by atoms with Gasteiger partial charge in [0, 0.05) is 0 Å². The highest BCUT2D eigenvalue weighted by molar-refractivity contribution is 5.28. The normalized spacial score (nSPS) is 34.6. The minimum Gasteiger partial charge on any atom is -0.0850 e. The van der Waals surface area contributed by atoms with Gasteiger partial charge < -0.3 is 0 Å². The molecule has 13 unspecified atom stereocenters. The van der Waals surface area contributed by atoms with Crippen molar-refractivity contribution in [3.8, 4) is 0 Å². The zero-order valence-electron chi connectivity index (χ0n) is 75.4. The average Bonchev–Trinajstić information content (AvgIpc) is 1.56. The molecule has 13 rings (SSSR count). The number of allylic oxidation sites excluding steroid dienone is 2. The third-order valence-corrected chi connectivity index (χ3v) is 32.5. The lowest BCUT2D eigenvalue weighted by Crippen LogP contribution is -2.47. The van der Waals surface area contributed by atoms with Crippen LogP contribution in [0.25, 0.3) is 0 Å². The summed E-state index contributed by atoms with van der Waals surface area (Å²) in [7, 11) is 0. The van der Waals surface area contributed by atoms with Crippen LogP contribution in [0.4, 0.5) is 0 Å². The van der Waals surface area contributed by atoms with E-state index in [0.717, 1.165) is 107 Å². The third-order valence-electron chi connectivity index (χ3n) is 32.5. The predicted molar refractivity (Wildman–Crippen MR) is 458 cm³/mol. The van der Waals surface area contributed by atoms with Crippen LogP contribution >= 0.6 is 0 Å². The first kappa shape index (κ1) is 93.4. The Balaban J connectivity index is 0.000000292. The number of fused-ring (bicyclic) bond motifs is 3. The summed E-state index contributed by atoms with van der Waals surface area (Å²) in [5, 5.41) is 0. The molecule has 0 saturated heterocycles. The molecule has 0 radical (unpaired) electrons. The van der Waals surface area contributed by atoms with Crippen LogP contribution in [0.2, 0.25) is 0 Å². The fourth-order valence-electron chi connectivity index (χ4n) is 20.9. The molecule has 13 atom stereocenters. The highest BCUT2D eigenvalue weighted by atomic mass is 14.6. The molecule has 101 heavy (non-hydrogen) atoms. The molecule has 4 bridgehead atoms. The molecule has 2 aromatic carbocycles. The highest BCUT2D eigenvalue weighted by Crippen LogP contribution is 2.65. The number of rotatable bonds is 4. The first-order valence-electron chi connectivity index (χ1n) is 44.3. The quantitative estimate of drug-likeness (QED) is 0.268. The van der Waals surface area contributed by atoms with Gasteiger partial charge in [0.25, 0.3) is 0 Å². The molecule has 11 aliphatic carbocycles. The van der Waals surface area contributed by atoms with Crippen molar-refractivity contribution in [2.45, 2.75) is 415 Å². The van der Waals surface area contributed by atoms with E-state index in [4.69, 9.17) is 0 Å². The van der Waals surface area contributed by atoms with Gasteiger partial charge in [0.2, 0.25) is 0 Å². The molecule has 2 aromatic rings. The first-order chi connectivity index (χ1) is 46.6. The van der Waals surface area contributed by atoms with E-state index in [1.165, 1.54) is 183 Å². The van der Waals surface area contributed by atoms with Gasteiger partial charge in [-0.1, -0.05) is 352 Å². The van der Waals surface area contributed by atoms with Gasteiger partial charge in [-0.3, -0.25) is 0 Å². The molecule has 0 aromatic heterocycles. The second-order valence-electron chi connectivity index (χ2n) is 43.3. The zero-order valence-corrected chi connectivity index (χ0v) is 75.4. The Labute approximate surface area is 637 Å². The number of hydrogen-bond acceptors (Lipinski definition) is 0. The van der Waals surface area contributed by atoms with E-state index in [9.17, 15) is 0 Å². The second-order valence-corrected chi connectivity index (χ2v) is 43.3. The van der Waals surface area contributed by atoms with Gasteiger partial charge in [0.15, 0.2) is 0 Å². The van der Waals surface area contributed by atoms with Gasteiger partial charge in [0.05, 0.1) is 0 Å². The smallest absolute Gasteiger partial charge is 0.0149 e. The van der Waals surface area contributed by atoms with Crippen LogP contribution in [0.15, 0.2) is 60.2 Å². The third kappa shape index (κ3) is 28.6. The van der Waals surface area contributed by atoms with Gasteiger partial charge in [-0.2, -0.15) is 0 Å². The fourth-order valence-corrected chi connectivity index (χ4v) is 20.9. The van der Waals surface area contributed by atoms with Crippen molar-refractivity contribution in [1.29, 1.82) is 0 Å². The molecule has 9 saturated carbocycles. The Kier molecular flexibility index (Phi) is 38.5. The van der Waals surface area contributed by atoms with Crippen LogP contribution in [0.3, 0.4) is 0 Å². The molecule has 0 nitrogen and oxygen atoms in total. The molecular weight excluding hydrogens is 1210 g/mol. The van der Waals surface area contributed by atoms with Crippen LogP contribution in [0.5, 0.6) is 0 Å². The topological polar surface area (TPSA) is 0 Å². The van der Waals surface area contributed by atoms with Crippen molar-refractivity contribution in [3.05, 3.63) is 82.4 Å². The van der Waals surface area contributed by atoms with E-state index in [1.54, 1.807) is 5.57 Å². The average molecular weight is 1400 g/mol. The van der Waals surface area contributed by atoms with Crippen LogP contribution in [-0.2, 0) is 0 Å². The number of benzene rings is 2. The van der Waals surface area contributed by atoms with E-state index in [0.29, 0.717) is 49.7 Å². The van der Waals surface area contributed by atoms with Gasteiger partial charge >= 0.3 is 0 Å². The van der Waals surface area contributed by atoms with E-state index < -0.39 is 0 Å². The van der Waals surface area contributed by atoms with Crippen molar-refractivity contribution in [3.63, 3.8) is 0 Å². The Morgan fingerprint density at radius 1 is 0.386 bits per heavy atom. The lowest BCUT2D eigenvalue weighted by molar-refractivity contribution is -0.00579. The van der Waals surface area contributed by atoms with E-state index in [1.807, 2.05) is 0 Å². The van der Waals surface area contributed by atoms with Crippen molar-refractivity contribution in [2.75, 3.05) is 0 Å². The second kappa shape index (κ2) is 41.7. The van der Waals surface area contributed by atoms with E-state index in [-0.39, 0.29) is 0 Å². The summed E-state index contributed by atoms with van der Waals surface area (Å²) in [6, 6.07) is 17.3. The summed E-state index contributed by atoms with van der Waals surface area (Å²) in [5.74, 6) is 18.6. The van der Waals surface area contributed by atoms with Crippen LogP contribution in [0.1, 0.15) is 423 Å². The molecule has 0 amide bonds. The van der Waals surface area contributed by atoms with Gasteiger partial charge in [-0.15, -0.1) is 0 Å². The van der Waals surface area contributed by atoms with Crippen LogP contribution in [0, 0.1) is 158 Å². The molecule has 588 valence electrons. The van der Waals surface area contributed by atoms with Crippen molar-refractivity contribution < 1.29 is 0 Å². The maximum absolute atomic E-state index is 2.49. The summed E-state index contributed by atoms with van der Waals surface area (Å²) in [6.07, 6.45) is 38.9. The predicted octanol–water partition coefficient (Wildman–Crippen LogP) is 33.5. The highest BCUT2D eigenvalue weighted by Gasteiger charge is 2.56. The van der Waals surface area contributed by atoms with Crippen molar-refractivity contribution in [1.82, 2.24) is 0 Å². The summed E-state index contributed by atoms with van der Waals surface area (Å²) in [4.78, 5) is 0. The molecule has 0 spiro atoms. The van der Waals surface area contributed by atoms with Gasteiger partial charge in [0.1, 0.15) is 0 Å². The molecule has 9 fully saturated rings. The largest absolute Gasteiger partial charge is 0.0850 e. The molecule has 0 heterocycles. The zero-order chi connectivity index (χ0) is 77.0. The van der Waals surface area contributed by atoms with E-state index >= 15 is 0 Å². The summed E-state index contributed by atoms with van der Waals surface area (Å²) >= 11 is 0. The van der Waals surface area contributed by atoms with E-state index in [2.05, 4.69) is 297 Å². The standard InChI is InChI=1S/C11H22.C10H18.C10H16.4C10H20.C10H14.C10H20.C10H14/c1-8-6-7-9(2)11(4,5)10(8)3;1-9(2)8-4-6-10(9,3)7-5-8;1-7-4-5-8-6-9(7)10(8,2)3;2*1-8-5-6-9(2)10(3,4)7-8;1-8-6-5-7-10(3,4)9(8)2;2*1-8(2)10-6-4-9(3)5-7-10;2*1-8(2)10-7-5-4-6-9(10)3/h8-10H,6-7H2,1-5H3;8H,4-7H2,1-3H3;4,8-9H,5-6H2,1-3H3;3*8-9H,5-7H2,1-4H3;8-10H,4-7H2,1-3H3;4-8H,1-3H3;8-10H,4-7H2,1-3H3;4-8H,1-3H3. The summed E-state index contributed by atoms with van der Waals surface area (Å²) in [6.45, 7) is 82.9. The minimum absolute atomic E-state index is 0.567. The Morgan fingerprint density at radius 2 is 0.861 bits per heavy atom. The summed E-state index contributed by atoms with van der Waals surface area (Å²) in [5.41, 5.74) is 11.7. The van der Waals surface area contributed by atoms with Gasteiger partial charge in [-0.05, 0) is 290 Å². The SMILES string of the molecule is CC(C)C1CCCCC1C.CC12CCC(CC1)C2(C)C.CC1=CCC2CC1C2(C)C.CC1CCC(C(C)C)CC1.CC1CCC(C)C(C)(C)C1.CC1CCC(C)C(C)(C)C1.CC1CCC(C)C(C)(C)C1C.CC1CCCC(C)(C)C1C.Cc1ccc(C(C)C)cc1.Cc1ccccc1C(C)C. The van der Waals surface area contributed by atoms with Gasteiger partial charge in [-0.25, -0.2) is 0 Å². The minimum atomic E-state index is 0.567. The molecule has 0 N–H and O–H groups in total. The van der Waals surface area contributed by atoms with Crippen molar-refractivity contribution >= 4 is 0 Å². The van der Waals surface area contributed by atoms with Crippen LogP contribution < -0.4 is 0 Å². The maximum Gasteiger partial charge on any atom is -0.0149 e. The lowest BCUT2D eigenvalue weighted by atomic mass is 9.49. The van der Waals surface area contributed by atoms with Crippen molar-refractivity contribution in [2.24, 2.45) is 144 Å². The maximum atomic E-state index is 2.49. The Hall–Kier alpha value is -1.82. The fraction of sp³-hybridized carbons (Fsp3) is 0.861. The number of hydrogen-bond donors (Lipinski definition) is 0. The molecular formula is C101H184. The number of aryl methyl sites for hydroxylation is 2. The Morgan fingerprint density at radius 3 is 1.19 bits per heavy atom. The van der Waals surface area contributed by atoms with Crippen LogP contribution in [-0.4, -0.2) is 0 Å². The summed E-state index contributed by atoms with van der Waals surface area (Å²) < 4.78 is 0. The molecule has 0 heteroatoms.